The van der Waals surface area contributed by atoms with Crippen molar-refractivity contribution in [3.8, 4) is 85.4 Å². The van der Waals surface area contributed by atoms with Crippen LogP contribution in [0.25, 0.3) is 129 Å². The molecule has 0 spiro atoms. The molecule has 0 saturated heterocycles. The molecule has 0 aliphatic carbocycles. The first kappa shape index (κ1) is 41.8. The minimum absolute atomic E-state index is 0.576. The van der Waals surface area contributed by atoms with Crippen molar-refractivity contribution in [2.24, 2.45) is 0 Å². The van der Waals surface area contributed by atoms with Gasteiger partial charge in [0.05, 0.1) is 44.8 Å². The molecule has 5 aromatic heterocycles. The average molecular weight is 936 g/mol. The maximum absolute atomic E-state index is 5.30. The third kappa shape index (κ3) is 7.25. The zero-order valence-electron chi connectivity index (χ0n) is 39.2. The van der Waals surface area contributed by atoms with Crippen molar-refractivity contribution >= 4 is 43.6 Å². The van der Waals surface area contributed by atoms with Crippen molar-refractivity contribution in [1.82, 2.24) is 43.8 Å². The number of hydrogen-bond donors (Lipinski definition) is 0. The Labute approximate surface area is 419 Å². The Hall–Kier alpha value is -10.1. The lowest BCUT2D eigenvalue weighted by molar-refractivity contribution is 0.995. The van der Waals surface area contributed by atoms with Gasteiger partial charge in [-0.3, -0.25) is 13.7 Å². The van der Waals surface area contributed by atoms with Gasteiger partial charge in [-0.25, -0.2) is 19.9 Å². The molecule has 0 radical (unpaired) electrons. The Morgan fingerprint density at radius 1 is 0.233 bits per heavy atom. The smallest absolute Gasteiger partial charge is 0.235 e. The highest BCUT2D eigenvalue weighted by molar-refractivity contribution is 6.11. The molecule has 9 heteroatoms. The molecule has 0 bridgehead atoms. The first-order valence-corrected chi connectivity index (χ1v) is 24.3. The lowest BCUT2D eigenvalue weighted by atomic mass is 10.1. The van der Waals surface area contributed by atoms with E-state index in [1.165, 1.54) is 0 Å². The van der Waals surface area contributed by atoms with E-state index >= 15 is 0 Å². The summed E-state index contributed by atoms with van der Waals surface area (Å²) in [6, 6.07) is 85.6. The first-order valence-electron chi connectivity index (χ1n) is 24.3. The normalized spacial score (nSPS) is 11.6. The van der Waals surface area contributed by atoms with E-state index in [0.717, 1.165) is 105 Å². The van der Waals surface area contributed by atoms with Crippen LogP contribution in [0.1, 0.15) is 0 Å². The summed E-state index contributed by atoms with van der Waals surface area (Å²) >= 11 is 0. The molecule has 0 aliphatic rings. The molecule has 0 unspecified atom stereocenters. The van der Waals surface area contributed by atoms with Crippen LogP contribution >= 0.6 is 0 Å². The molecule has 0 saturated carbocycles. The predicted molar refractivity (Wildman–Crippen MR) is 294 cm³/mol. The van der Waals surface area contributed by atoms with Gasteiger partial charge in [-0.1, -0.05) is 200 Å². The van der Waals surface area contributed by atoms with Gasteiger partial charge in [0.25, 0.3) is 0 Å². The third-order valence-electron chi connectivity index (χ3n) is 13.6. The van der Waals surface area contributed by atoms with Gasteiger partial charge in [-0.15, -0.1) is 10.2 Å². The second-order valence-corrected chi connectivity index (χ2v) is 18.0. The molecule has 14 aromatic rings. The maximum Gasteiger partial charge on any atom is 0.235 e. The van der Waals surface area contributed by atoms with Crippen molar-refractivity contribution in [2.75, 3.05) is 0 Å². The molecule has 73 heavy (non-hydrogen) atoms. The fourth-order valence-corrected chi connectivity index (χ4v) is 10.2. The SMILES string of the molecule is c1ccc(-c2cc(-c3ccccc3)nc(-n3c4ccccc4c4ccc(-c5nnc(-c6ccc7c8ccccc8n(-c8nc(-c9ccccc9)cc(-c9ccccc9)n8)c7c6)n5-c5ccccc5)cc43)n2)cc1. The summed E-state index contributed by atoms with van der Waals surface area (Å²) in [5.74, 6) is 2.53. The molecule has 9 aromatic carbocycles. The summed E-state index contributed by atoms with van der Waals surface area (Å²) in [6.45, 7) is 0. The summed E-state index contributed by atoms with van der Waals surface area (Å²) in [4.78, 5) is 21.2. The zero-order chi connectivity index (χ0) is 48.2. The minimum Gasteiger partial charge on any atom is -0.278 e. The van der Waals surface area contributed by atoms with Crippen molar-refractivity contribution in [1.29, 1.82) is 0 Å². The molecule has 0 atom stereocenters. The van der Waals surface area contributed by atoms with E-state index in [1.807, 2.05) is 91.0 Å². The van der Waals surface area contributed by atoms with Crippen LogP contribution in [-0.4, -0.2) is 43.8 Å². The van der Waals surface area contributed by atoms with E-state index in [2.05, 4.69) is 171 Å². The molecule has 342 valence electrons. The molecule has 0 fully saturated rings. The quantitative estimate of drug-likeness (QED) is 0.143. The van der Waals surface area contributed by atoms with E-state index in [-0.39, 0.29) is 0 Å². The van der Waals surface area contributed by atoms with E-state index in [0.29, 0.717) is 23.5 Å². The molecule has 0 aliphatic heterocycles. The lowest BCUT2D eigenvalue weighted by Crippen LogP contribution is -2.04. The van der Waals surface area contributed by atoms with Gasteiger partial charge in [-0.05, 0) is 48.5 Å². The Balaban J connectivity index is 0.969. The number of para-hydroxylation sites is 3. The number of aromatic nitrogens is 9. The topological polar surface area (TPSA) is 92.1 Å². The van der Waals surface area contributed by atoms with Gasteiger partial charge >= 0.3 is 0 Å². The van der Waals surface area contributed by atoms with Gasteiger partial charge in [-0.2, -0.15) is 0 Å². The van der Waals surface area contributed by atoms with E-state index in [9.17, 15) is 0 Å². The highest BCUT2D eigenvalue weighted by Crippen LogP contribution is 2.39. The van der Waals surface area contributed by atoms with Crippen LogP contribution in [0.5, 0.6) is 0 Å². The number of hydrogen-bond acceptors (Lipinski definition) is 6. The molecule has 0 amide bonds. The largest absolute Gasteiger partial charge is 0.278 e. The van der Waals surface area contributed by atoms with Crippen LogP contribution in [0.3, 0.4) is 0 Å². The van der Waals surface area contributed by atoms with Crippen molar-refractivity contribution in [3.63, 3.8) is 0 Å². The average Bonchev–Trinajstić information content (AvgIpc) is 4.16. The number of nitrogens with zero attached hydrogens (tertiary/aromatic N) is 9. The molecule has 0 N–H and O–H groups in total. The maximum atomic E-state index is 5.30. The highest BCUT2D eigenvalue weighted by Gasteiger charge is 2.24. The molecule has 9 nitrogen and oxygen atoms in total. The van der Waals surface area contributed by atoms with Gasteiger partial charge in [0, 0.05) is 60.6 Å². The van der Waals surface area contributed by atoms with Gasteiger partial charge in [0.15, 0.2) is 11.6 Å². The number of fused-ring (bicyclic) bond motifs is 6. The van der Waals surface area contributed by atoms with Crippen molar-refractivity contribution < 1.29 is 0 Å². The predicted octanol–water partition coefficient (Wildman–Crippen LogP) is 15.0. The van der Waals surface area contributed by atoms with Gasteiger partial charge < -0.3 is 0 Å². The summed E-state index contributed by atoms with van der Waals surface area (Å²) < 4.78 is 6.52. The van der Waals surface area contributed by atoms with Crippen LogP contribution in [0.4, 0.5) is 0 Å². The van der Waals surface area contributed by atoms with E-state index < -0.39 is 0 Å². The molecule has 14 rings (SSSR count). The Kier molecular flexibility index (Phi) is 9.96. The van der Waals surface area contributed by atoms with E-state index in [4.69, 9.17) is 30.1 Å². The Bertz CT molecular complexity index is 3980. The molecule has 5 heterocycles. The van der Waals surface area contributed by atoms with Crippen molar-refractivity contribution in [3.05, 3.63) is 249 Å². The molecular formula is C64H41N9. The first-order chi connectivity index (χ1) is 36.2. The standard InChI is InChI=1S/C64H41N9/c1-6-20-42(21-7-1)53-40-54(43-22-8-2-9-23-43)66-63(65-53)72-57-32-18-16-30-49(57)51-36-34-46(38-59(51)72)61-69-70-62(71(61)48-28-14-5-15-29-48)47-35-37-52-50-31-17-19-33-58(50)73(60(52)39-47)64-67-55(44-24-10-3-11-25-44)41-56(68-64)45-26-12-4-13-27-45/h1-41H. The summed E-state index contributed by atoms with van der Waals surface area (Å²) in [5.41, 5.74) is 14.0. The number of rotatable bonds is 9. The van der Waals surface area contributed by atoms with E-state index in [1.54, 1.807) is 0 Å². The minimum atomic E-state index is 0.576. The second-order valence-electron chi connectivity index (χ2n) is 18.0. The summed E-state index contributed by atoms with van der Waals surface area (Å²) in [5, 5.41) is 14.4. The summed E-state index contributed by atoms with van der Waals surface area (Å²) in [6.07, 6.45) is 0. The lowest BCUT2D eigenvalue weighted by Gasteiger charge is -2.13. The third-order valence-corrected chi connectivity index (χ3v) is 13.6. The van der Waals surface area contributed by atoms with Crippen LogP contribution in [-0.2, 0) is 0 Å². The van der Waals surface area contributed by atoms with Crippen LogP contribution in [0, 0.1) is 0 Å². The highest BCUT2D eigenvalue weighted by atomic mass is 15.3. The Morgan fingerprint density at radius 2 is 0.548 bits per heavy atom. The second kappa shape index (κ2) is 17.4. The monoisotopic (exact) mass is 935 g/mol. The van der Waals surface area contributed by atoms with Crippen LogP contribution in [0.15, 0.2) is 249 Å². The fraction of sp³-hybridized carbons (Fsp3) is 0. The van der Waals surface area contributed by atoms with Crippen LogP contribution in [0.2, 0.25) is 0 Å². The Morgan fingerprint density at radius 3 is 0.918 bits per heavy atom. The van der Waals surface area contributed by atoms with Gasteiger partial charge in [0.2, 0.25) is 11.9 Å². The molecular weight excluding hydrogens is 895 g/mol. The summed E-state index contributed by atoms with van der Waals surface area (Å²) in [7, 11) is 0. The van der Waals surface area contributed by atoms with Crippen LogP contribution < -0.4 is 0 Å². The number of benzene rings is 9. The fourth-order valence-electron chi connectivity index (χ4n) is 10.2. The van der Waals surface area contributed by atoms with Gasteiger partial charge in [0.1, 0.15) is 0 Å². The van der Waals surface area contributed by atoms with Crippen molar-refractivity contribution in [2.45, 2.75) is 0 Å². The zero-order valence-corrected chi connectivity index (χ0v) is 39.2.